The van der Waals surface area contributed by atoms with Crippen LogP contribution in [-0.4, -0.2) is 49.1 Å². The van der Waals surface area contributed by atoms with Gasteiger partial charge in [-0.15, -0.1) is 0 Å². The molecule has 0 aromatic heterocycles. The van der Waals surface area contributed by atoms with Crippen LogP contribution < -0.4 is 10.6 Å². The molecule has 0 radical (unpaired) electrons. The summed E-state index contributed by atoms with van der Waals surface area (Å²) >= 11 is 0. The Morgan fingerprint density at radius 3 is 2.44 bits per heavy atom. The van der Waals surface area contributed by atoms with Gasteiger partial charge in [0, 0.05) is 18.6 Å². The Balaban J connectivity index is 2.12. The van der Waals surface area contributed by atoms with Gasteiger partial charge in [0.2, 0.25) is 5.91 Å². The molecule has 0 aliphatic carbocycles. The van der Waals surface area contributed by atoms with Gasteiger partial charge in [0.1, 0.15) is 0 Å². The van der Waals surface area contributed by atoms with Gasteiger partial charge in [0.15, 0.2) is 0 Å². The van der Waals surface area contributed by atoms with E-state index in [1.807, 2.05) is 13.8 Å². The summed E-state index contributed by atoms with van der Waals surface area (Å²) in [5, 5.41) is 6.14. The molecule has 0 saturated carbocycles. The molecule has 1 saturated heterocycles. The van der Waals surface area contributed by atoms with Crippen LogP contribution in [-0.2, 0) is 4.79 Å². The summed E-state index contributed by atoms with van der Waals surface area (Å²) in [6.07, 6.45) is 2.60. The molecule has 0 aromatic rings. The molecule has 4 nitrogen and oxygen atoms in total. The van der Waals surface area contributed by atoms with Crippen molar-refractivity contribution < 1.29 is 4.79 Å². The predicted octanol–water partition coefficient (Wildman–Crippen LogP) is 0.585. The zero-order valence-corrected chi connectivity index (χ0v) is 10.8. The first-order chi connectivity index (χ1) is 7.58. The van der Waals surface area contributed by atoms with Gasteiger partial charge in [-0.2, -0.15) is 0 Å². The number of amides is 1. The molecule has 94 valence electrons. The summed E-state index contributed by atoms with van der Waals surface area (Å²) in [6.45, 7) is 9.93. The lowest BCUT2D eigenvalue weighted by atomic mass is 10.3. The van der Waals surface area contributed by atoms with E-state index in [2.05, 4.69) is 22.5 Å². The Hall–Kier alpha value is -0.610. The molecule has 1 heterocycles. The van der Waals surface area contributed by atoms with E-state index in [-0.39, 0.29) is 11.9 Å². The smallest absolute Gasteiger partial charge is 0.234 e. The van der Waals surface area contributed by atoms with Gasteiger partial charge in [0.05, 0.1) is 6.54 Å². The Bertz CT molecular complexity index is 212. The number of hydrogen-bond donors (Lipinski definition) is 2. The quantitative estimate of drug-likeness (QED) is 0.698. The first kappa shape index (κ1) is 13.5. The average molecular weight is 227 g/mol. The zero-order chi connectivity index (χ0) is 12.0. The third-order valence-corrected chi connectivity index (χ3v) is 2.81. The number of rotatable bonds is 6. The predicted molar refractivity (Wildman–Crippen MR) is 66.4 cm³/mol. The number of carbonyl (C=O) groups is 1. The van der Waals surface area contributed by atoms with Gasteiger partial charge in [-0.25, -0.2) is 0 Å². The molecule has 4 heteroatoms. The van der Waals surface area contributed by atoms with E-state index >= 15 is 0 Å². The fourth-order valence-corrected chi connectivity index (χ4v) is 2.02. The first-order valence-electron chi connectivity index (χ1n) is 6.33. The highest BCUT2D eigenvalue weighted by atomic mass is 16.2. The standard InChI is InChI=1S/C12H25N3O/c1-10(2)13-8-12(16)14-11(3)9-15-6-4-5-7-15/h10-11,13H,4-9H2,1-3H3,(H,14,16). The maximum atomic E-state index is 11.5. The summed E-state index contributed by atoms with van der Waals surface area (Å²) in [5.41, 5.74) is 0. The lowest BCUT2D eigenvalue weighted by molar-refractivity contribution is -0.121. The van der Waals surface area contributed by atoms with Crippen molar-refractivity contribution in [2.45, 2.75) is 45.7 Å². The monoisotopic (exact) mass is 227 g/mol. The molecular weight excluding hydrogens is 202 g/mol. The lowest BCUT2D eigenvalue weighted by Gasteiger charge is -2.21. The summed E-state index contributed by atoms with van der Waals surface area (Å²) in [4.78, 5) is 14.0. The maximum absolute atomic E-state index is 11.5. The van der Waals surface area contributed by atoms with Crippen LogP contribution in [0.2, 0.25) is 0 Å². The number of carbonyl (C=O) groups excluding carboxylic acids is 1. The second kappa shape index (κ2) is 6.86. The van der Waals surface area contributed by atoms with E-state index in [1.54, 1.807) is 0 Å². The van der Waals surface area contributed by atoms with Crippen molar-refractivity contribution in [2.75, 3.05) is 26.2 Å². The lowest BCUT2D eigenvalue weighted by Crippen LogP contribution is -2.45. The van der Waals surface area contributed by atoms with Crippen molar-refractivity contribution in [2.24, 2.45) is 0 Å². The van der Waals surface area contributed by atoms with Crippen molar-refractivity contribution in [1.29, 1.82) is 0 Å². The normalized spacial score (nSPS) is 19.0. The second-order valence-corrected chi connectivity index (χ2v) is 5.01. The molecule has 1 rings (SSSR count). The van der Waals surface area contributed by atoms with Gasteiger partial charge >= 0.3 is 0 Å². The van der Waals surface area contributed by atoms with Gasteiger partial charge in [0.25, 0.3) is 0 Å². The molecular formula is C12H25N3O. The Morgan fingerprint density at radius 1 is 1.25 bits per heavy atom. The minimum absolute atomic E-state index is 0.0976. The number of nitrogens with zero attached hydrogens (tertiary/aromatic N) is 1. The number of likely N-dealkylation sites (tertiary alicyclic amines) is 1. The van der Waals surface area contributed by atoms with E-state index in [0.717, 1.165) is 6.54 Å². The van der Waals surface area contributed by atoms with Crippen LogP contribution in [0.3, 0.4) is 0 Å². The van der Waals surface area contributed by atoms with Gasteiger partial charge < -0.3 is 15.5 Å². The van der Waals surface area contributed by atoms with E-state index in [4.69, 9.17) is 0 Å². The zero-order valence-electron chi connectivity index (χ0n) is 10.8. The van der Waals surface area contributed by atoms with Crippen LogP contribution in [0.15, 0.2) is 0 Å². The average Bonchev–Trinajstić information content (AvgIpc) is 2.67. The summed E-state index contributed by atoms with van der Waals surface area (Å²) in [5.74, 6) is 0.0976. The fraction of sp³-hybridized carbons (Fsp3) is 0.917. The van der Waals surface area contributed by atoms with Crippen molar-refractivity contribution >= 4 is 5.91 Å². The Labute approximate surface area is 98.8 Å². The largest absolute Gasteiger partial charge is 0.351 e. The molecule has 1 aliphatic rings. The minimum Gasteiger partial charge on any atom is -0.351 e. The molecule has 0 aromatic carbocycles. The number of nitrogens with one attached hydrogen (secondary N) is 2. The third-order valence-electron chi connectivity index (χ3n) is 2.81. The van der Waals surface area contributed by atoms with Crippen LogP contribution in [0.25, 0.3) is 0 Å². The van der Waals surface area contributed by atoms with E-state index < -0.39 is 0 Å². The van der Waals surface area contributed by atoms with E-state index in [1.165, 1.54) is 25.9 Å². The van der Waals surface area contributed by atoms with Crippen LogP contribution in [0.4, 0.5) is 0 Å². The molecule has 16 heavy (non-hydrogen) atoms. The van der Waals surface area contributed by atoms with Crippen LogP contribution in [0, 0.1) is 0 Å². The highest BCUT2D eigenvalue weighted by Gasteiger charge is 2.15. The molecule has 1 atom stereocenters. The molecule has 1 fully saturated rings. The summed E-state index contributed by atoms with van der Waals surface area (Å²) in [7, 11) is 0. The Kier molecular flexibility index (Phi) is 5.77. The van der Waals surface area contributed by atoms with Gasteiger partial charge in [-0.3, -0.25) is 4.79 Å². The highest BCUT2D eigenvalue weighted by molar-refractivity contribution is 5.78. The first-order valence-corrected chi connectivity index (χ1v) is 6.33. The number of hydrogen-bond acceptors (Lipinski definition) is 3. The Morgan fingerprint density at radius 2 is 1.88 bits per heavy atom. The highest BCUT2D eigenvalue weighted by Crippen LogP contribution is 2.07. The second-order valence-electron chi connectivity index (χ2n) is 5.01. The van der Waals surface area contributed by atoms with Gasteiger partial charge in [-0.1, -0.05) is 13.8 Å². The van der Waals surface area contributed by atoms with Crippen molar-refractivity contribution in [1.82, 2.24) is 15.5 Å². The topological polar surface area (TPSA) is 44.4 Å². The maximum Gasteiger partial charge on any atom is 0.234 e. The fourth-order valence-electron chi connectivity index (χ4n) is 2.02. The molecule has 1 unspecified atom stereocenters. The van der Waals surface area contributed by atoms with E-state index in [0.29, 0.717) is 12.6 Å². The van der Waals surface area contributed by atoms with Crippen molar-refractivity contribution in [3.63, 3.8) is 0 Å². The van der Waals surface area contributed by atoms with Crippen molar-refractivity contribution in [3.05, 3.63) is 0 Å². The van der Waals surface area contributed by atoms with E-state index in [9.17, 15) is 4.79 Å². The molecule has 1 amide bonds. The van der Waals surface area contributed by atoms with Crippen molar-refractivity contribution in [3.8, 4) is 0 Å². The summed E-state index contributed by atoms with van der Waals surface area (Å²) < 4.78 is 0. The summed E-state index contributed by atoms with van der Waals surface area (Å²) in [6, 6.07) is 0.610. The molecule has 1 aliphatic heterocycles. The molecule has 0 spiro atoms. The van der Waals surface area contributed by atoms with Gasteiger partial charge in [-0.05, 0) is 32.9 Å². The third kappa shape index (κ3) is 5.47. The van der Waals surface area contributed by atoms with Crippen LogP contribution in [0.1, 0.15) is 33.6 Å². The molecule has 2 N–H and O–H groups in total. The molecule has 0 bridgehead atoms. The van der Waals surface area contributed by atoms with Crippen LogP contribution in [0.5, 0.6) is 0 Å². The van der Waals surface area contributed by atoms with Crippen LogP contribution >= 0.6 is 0 Å². The minimum atomic E-state index is 0.0976. The SMILES string of the molecule is CC(C)NCC(=O)NC(C)CN1CCCC1.